The highest BCUT2D eigenvalue weighted by Gasteiger charge is 2.13. The lowest BCUT2D eigenvalue weighted by Crippen LogP contribution is -2.04. The number of nitrogens with zero attached hydrogens (tertiary/aromatic N) is 4. The third kappa shape index (κ3) is 2.50. The molecule has 0 radical (unpaired) electrons. The van der Waals surface area contributed by atoms with Gasteiger partial charge >= 0.3 is 0 Å². The highest BCUT2D eigenvalue weighted by atomic mass is 79.9. The van der Waals surface area contributed by atoms with E-state index in [4.69, 9.17) is 4.84 Å². The molecule has 3 rings (SSSR count). The summed E-state index contributed by atoms with van der Waals surface area (Å²) in [6.45, 7) is 0.449. The Morgan fingerprint density at radius 1 is 1.25 bits per heavy atom. The summed E-state index contributed by atoms with van der Waals surface area (Å²) >= 11 is 3.40. The van der Waals surface area contributed by atoms with Crippen LogP contribution < -0.4 is 5.48 Å². The molecule has 3 aromatic rings. The first kappa shape index (κ1) is 13.0. The molecule has 0 amide bonds. The van der Waals surface area contributed by atoms with Crippen molar-refractivity contribution in [3.8, 4) is 0 Å². The van der Waals surface area contributed by atoms with Crippen LogP contribution in [0.2, 0.25) is 0 Å². The smallest absolute Gasteiger partial charge is 0.165 e. The van der Waals surface area contributed by atoms with Gasteiger partial charge in [0.05, 0.1) is 12.0 Å². The third-order valence-corrected chi connectivity index (χ3v) is 3.38. The van der Waals surface area contributed by atoms with Gasteiger partial charge in [-0.15, -0.1) is 0 Å². The van der Waals surface area contributed by atoms with Gasteiger partial charge in [-0.05, 0) is 21.5 Å². The van der Waals surface area contributed by atoms with Gasteiger partial charge < -0.3 is 0 Å². The SMILES string of the molecule is Cn1nc(Br)c2c(NOCc3ccccc3)ncnc21. The van der Waals surface area contributed by atoms with Crippen LogP contribution in [-0.4, -0.2) is 19.7 Å². The molecule has 0 fully saturated rings. The Morgan fingerprint density at radius 3 is 2.85 bits per heavy atom. The monoisotopic (exact) mass is 333 g/mol. The average Bonchev–Trinajstić information content (AvgIpc) is 2.76. The van der Waals surface area contributed by atoms with Crippen molar-refractivity contribution in [2.45, 2.75) is 6.61 Å². The first-order valence-electron chi connectivity index (χ1n) is 6.00. The average molecular weight is 334 g/mol. The van der Waals surface area contributed by atoms with Crippen LogP contribution >= 0.6 is 15.9 Å². The largest absolute Gasteiger partial charge is 0.270 e. The number of nitrogens with one attached hydrogen (secondary N) is 1. The fraction of sp³-hybridized carbons (Fsp3) is 0.154. The third-order valence-electron chi connectivity index (χ3n) is 2.83. The molecule has 0 unspecified atom stereocenters. The number of aromatic nitrogens is 4. The predicted octanol–water partition coefficient (Wildman–Crippen LogP) is 2.67. The number of rotatable bonds is 4. The van der Waals surface area contributed by atoms with E-state index >= 15 is 0 Å². The molecular weight excluding hydrogens is 322 g/mol. The van der Waals surface area contributed by atoms with E-state index in [1.165, 1.54) is 6.33 Å². The lowest BCUT2D eigenvalue weighted by molar-refractivity contribution is 0.179. The summed E-state index contributed by atoms with van der Waals surface area (Å²) in [4.78, 5) is 13.9. The van der Waals surface area contributed by atoms with Gasteiger partial charge in [0.1, 0.15) is 10.9 Å². The van der Waals surface area contributed by atoms with Crippen LogP contribution in [0.5, 0.6) is 0 Å². The van der Waals surface area contributed by atoms with Crippen LogP contribution in [0.3, 0.4) is 0 Å². The molecule has 1 N–H and O–H groups in total. The van der Waals surface area contributed by atoms with E-state index in [0.717, 1.165) is 16.6 Å². The number of aryl methyl sites for hydroxylation is 1. The molecule has 1 aromatic carbocycles. The topological polar surface area (TPSA) is 64.9 Å². The molecule has 7 heteroatoms. The van der Waals surface area contributed by atoms with Crippen molar-refractivity contribution >= 4 is 32.8 Å². The molecule has 0 aliphatic rings. The highest BCUT2D eigenvalue weighted by Crippen LogP contribution is 2.26. The molecule has 0 saturated carbocycles. The molecule has 0 atom stereocenters. The van der Waals surface area contributed by atoms with Crippen LogP contribution in [0, 0.1) is 0 Å². The van der Waals surface area contributed by atoms with E-state index in [0.29, 0.717) is 17.0 Å². The van der Waals surface area contributed by atoms with Crippen molar-refractivity contribution in [1.82, 2.24) is 19.7 Å². The van der Waals surface area contributed by atoms with Gasteiger partial charge in [-0.25, -0.2) is 20.1 Å². The van der Waals surface area contributed by atoms with E-state index in [-0.39, 0.29) is 0 Å². The zero-order valence-electron chi connectivity index (χ0n) is 10.7. The summed E-state index contributed by atoms with van der Waals surface area (Å²) in [6.07, 6.45) is 1.48. The Bertz CT molecular complexity index is 728. The summed E-state index contributed by atoms with van der Waals surface area (Å²) in [6, 6.07) is 9.91. The molecule has 0 spiro atoms. The summed E-state index contributed by atoms with van der Waals surface area (Å²) in [5.41, 5.74) is 4.67. The number of benzene rings is 1. The Morgan fingerprint density at radius 2 is 2.05 bits per heavy atom. The van der Waals surface area contributed by atoms with Crippen LogP contribution in [0.1, 0.15) is 5.56 Å². The van der Waals surface area contributed by atoms with Crippen molar-refractivity contribution in [2.75, 3.05) is 5.48 Å². The second-order valence-electron chi connectivity index (χ2n) is 4.21. The fourth-order valence-electron chi connectivity index (χ4n) is 1.88. The fourth-order valence-corrected chi connectivity index (χ4v) is 2.48. The minimum atomic E-state index is 0.449. The van der Waals surface area contributed by atoms with Gasteiger partial charge in [-0.1, -0.05) is 30.3 Å². The summed E-state index contributed by atoms with van der Waals surface area (Å²) in [7, 11) is 1.83. The Balaban J connectivity index is 1.78. The second-order valence-corrected chi connectivity index (χ2v) is 4.96. The van der Waals surface area contributed by atoms with E-state index in [1.54, 1.807) is 4.68 Å². The van der Waals surface area contributed by atoms with Gasteiger partial charge in [0, 0.05) is 7.05 Å². The van der Waals surface area contributed by atoms with Gasteiger partial charge in [-0.2, -0.15) is 5.10 Å². The Kier molecular flexibility index (Phi) is 3.62. The number of fused-ring (bicyclic) bond motifs is 1. The van der Waals surface area contributed by atoms with Crippen LogP contribution in [0.4, 0.5) is 5.82 Å². The molecule has 0 bridgehead atoms. The maximum absolute atomic E-state index is 5.48. The molecule has 102 valence electrons. The lowest BCUT2D eigenvalue weighted by Gasteiger charge is -2.07. The number of anilines is 1. The number of hydrogen-bond donors (Lipinski definition) is 1. The molecule has 2 aromatic heterocycles. The number of hydrogen-bond acceptors (Lipinski definition) is 5. The normalized spacial score (nSPS) is 10.9. The van der Waals surface area contributed by atoms with E-state index in [2.05, 4.69) is 36.5 Å². The van der Waals surface area contributed by atoms with Gasteiger partial charge in [0.15, 0.2) is 11.5 Å². The Labute approximate surface area is 123 Å². The molecule has 0 aliphatic carbocycles. The van der Waals surface area contributed by atoms with Gasteiger partial charge in [0.2, 0.25) is 0 Å². The van der Waals surface area contributed by atoms with Crippen molar-refractivity contribution in [3.63, 3.8) is 0 Å². The summed E-state index contributed by atoms with van der Waals surface area (Å²) < 4.78 is 2.37. The van der Waals surface area contributed by atoms with Crippen LogP contribution in [-0.2, 0) is 18.5 Å². The van der Waals surface area contributed by atoms with E-state index < -0.39 is 0 Å². The zero-order valence-corrected chi connectivity index (χ0v) is 12.3. The quantitative estimate of drug-likeness (QED) is 0.743. The minimum absolute atomic E-state index is 0.449. The Hall–Kier alpha value is -1.99. The molecule has 0 aliphatic heterocycles. The van der Waals surface area contributed by atoms with Crippen LogP contribution in [0.25, 0.3) is 11.0 Å². The van der Waals surface area contributed by atoms with E-state index in [1.807, 2.05) is 37.4 Å². The second kappa shape index (κ2) is 5.56. The molecule has 2 heterocycles. The zero-order chi connectivity index (χ0) is 13.9. The number of halogens is 1. The molecule has 20 heavy (non-hydrogen) atoms. The van der Waals surface area contributed by atoms with Crippen molar-refractivity contribution < 1.29 is 4.84 Å². The summed E-state index contributed by atoms with van der Waals surface area (Å²) in [5, 5.41) is 5.05. The molecule has 0 saturated heterocycles. The maximum atomic E-state index is 5.48. The van der Waals surface area contributed by atoms with E-state index in [9.17, 15) is 0 Å². The standard InChI is InChI=1S/C13H12BrN5O/c1-19-13-10(11(14)17-19)12(15-8-16-13)18-20-7-9-5-3-2-4-6-9/h2-6,8H,7H2,1H3,(H,15,16,18). The van der Waals surface area contributed by atoms with Crippen LogP contribution in [0.15, 0.2) is 41.3 Å². The lowest BCUT2D eigenvalue weighted by atomic mass is 10.2. The van der Waals surface area contributed by atoms with Crippen molar-refractivity contribution in [2.24, 2.45) is 7.05 Å². The molecule has 6 nitrogen and oxygen atoms in total. The maximum Gasteiger partial charge on any atom is 0.165 e. The van der Waals surface area contributed by atoms with Gasteiger partial charge in [-0.3, -0.25) is 4.84 Å². The summed E-state index contributed by atoms with van der Waals surface area (Å²) in [5.74, 6) is 0.589. The van der Waals surface area contributed by atoms with Crippen molar-refractivity contribution in [3.05, 3.63) is 46.8 Å². The highest BCUT2D eigenvalue weighted by molar-refractivity contribution is 9.10. The first-order valence-corrected chi connectivity index (χ1v) is 6.80. The molecular formula is C13H12BrN5O. The minimum Gasteiger partial charge on any atom is -0.270 e. The van der Waals surface area contributed by atoms with Gasteiger partial charge in [0.25, 0.3) is 0 Å². The first-order chi connectivity index (χ1) is 9.75. The van der Waals surface area contributed by atoms with Crippen molar-refractivity contribution in [1.29, 1.82) is 0 Å². The predicted molar refractivity (Wildman–Crippen MR) is 78.9 cm³/mol.